The van der Waals surface area contributed by atoms with E-state index in [-0.39, 0.29) is 13.0 Å². The Morgan fingerprint density at radius 3 is 2.21 bits per heavy atom. The first-order valence-corrected chi connectivity index (χ1v) is 13.8. The van der Waals surface area contributed by atoms with Gasteiger partial charge in [0.1, 0.15) is 27.7 Å². The maximum Gasteiger partial charge on any atom is 0.408 e. The van der Waals surface area contributed by atoms with Gasteiger partial charge in [-0.1, -0.05) is 12.1 Å². The molecule has 11 nitrogen and oxygen atoms in total. The number of ether oxygens (including phenoxy) is 2. The van der Waals surface area contributed by atoms with E-state index in [1.54, 1.807) is 77.9 Å². The van der Waals surface area contributed by atoms with E-state index in [4.69, 9.17) is 14.7 Å². The molecule has 3 N–H and O–H groups in total. The maximum atomic E-state index is 13.8. The van der Waals surface area contributed by atoms with Crippen LogP contribution in [0.5, 0.6) is 0 Å². The summed E-state index contributed by atoms with van der Waals surface area (Å²) in [6.07, 6.45) is 1.07. The smallest absolute Gasteiger partial charge is 0.408 e. The SMILES string of the molecule is CC(C)(C)OC(=O)C=CC(Cc1cccc(C#N)c1)(NC(=O)OC(C)(C)C)C(=O)NCC(=O)NCc1ccc(C#N)s1. The van der Waals surface area contributed by atoms with E-state index in [1.165, 1.54) is 17.4 Å². The van der Waals surface area contributed by atoms with Crippen LogP contribution in [0.1, 0.15) is 62.4 Å². The molecule has 1 unspecified atom stereocenters. The summed E-state index contributed by atoms with van der Waals surface area (Å²) >= 11 is 1.23. The molecule has 1 heterocycles. The molecule has 0 saturated heterocycles. The molecule has 3 amide bonds. The lowest BCUT2D eigenvalue weighted by molar-refractivity contribution is -0.148. The molecular weight excluding hydrogens is 558 g/mol. The number of thiophene rings is 1. The summed E-state index contributed by atoms with van der Waals surface area (Å²) in [6, 6.07) is 13.8. The zero-order valence-electron chi connectivity index (χ0n) is 24.5. The van der Waals surface area contributed by atoms with E-state index in [0.717, 1.165) is 11.0 Å². The monoisotopic (exact) mass is 593 g/mol. The number of carbonyl (C=O) groups excluding carboxylic acids is 4. The molecular formula is C30H35N5O6S. The summed E-state index contributed by atoms with van der Waals surface area (Å²) in [5.41, 5.74) is -2.84. The summed E-state index contributed by atoms with van der Waals surface area (Å²) < 4.78 is 10.7. The van der Waals surface area contributed by atoms with E-state index >= 15 is 0 Å². The number of rotatable bonds is 10. The minimum Gasteiger partial charge on any atom is -0.457 e. The van der Waals surface area contributed by atoms with E-state index in [0.29, 0.717) is 16.0 Å². The van der Waals surface area contributed by atoms with Gasteiger partial charge in [0.2, 0.25) is 5.91 Å². The molecule has 42 heavy (non-hydrogen) atoms. The van der Waals surface area contributed by atoms with Gasteiger partial charge >= 0.3 is 12.1 Å². The lowest BCUT2D eigenvalue weighted by Gasteiger charge is -2.32. The summed E-state index contributed by atoms with van der Waals surface area (Å²) in [5, 5.41) is 26.1. The van der Waals surface area contributed by atoms with Crippen LogP contribution in [-0.4, -0.2) is 47.2 Å². The van der Waals surface area contributed by atoms with E-state index in [1.807, 2.05) is 12.1 Å². The van der Waals surface area contributed by atoms with Gasteiger partial charge in [-0.15, -0.1) is 11.3 Å². The third-order valence-corrected chi connectivity index (χ3v) is 6.21. The Hall–Kier alpha value is -4.68. The predicted octanol–water partition coefficient (Wildman–Crippen LogP) is 3.63. The largest absolute Gasteiger partial charge is 0.457 e. The van der Waals surface area contributed by atoms with Crippen molar-refractivity contribution in [2.24, 2.45) is 0 Å². The summed E-state index contributed by atoms with van der Waals surface area (Å²) in [5.74, 6) is -2.10. The molecule has 1 aromatic carbocycles. The van der Waals surface area contributed by atoms with Crippen LogP contribution in [0, 0.1) is 22.7 Å². The van der Waals surface area contributed by atoms with Crippen LogP contribution >= 0.6 is 11.3 Å². The number of esters is 1. The first-order valence-electron chi connectivity index (χ1n) is 13.0. The van der Waals surface area contributed by atoms with Gasteiger partial charge in [0.05, 0.1) is 24.7 Å². The molecule has 1 atom stereocenters. The summed E-state index contributed by atoms with van der Waals surface area (Å²) in [7, 11) is 0. The number of carbonyl (C=O) groups is 4. The van der Waals surface area contributed by atoms with Crippen molar-refractivity contribution in [1.29, 1.82) is 10.5 Å². The van der Waals surface area contributed by atoms with Crippen LogP contribution in [0.15, 0.2) is 48.6 Å². The first-order chi connectivity index (χ1) is 19.5. The molecule has 222 valence electrons. The fourth-order valence-corrected chi connectivity index (χ4v) is 4.31. The van der Waals surface area contributed by atoms with Crippen molar-refractivity contribution >= 4 is 35.2 Å². The minimum absolute atomic E-state index is 0.155. The second kappa shape index (κ2) is 14.3. The second-order valence-corrected chi connectivity index (χ2v) is 12.5. The molecule has 2 rings (SSSR count). The van der Waals surface area contributed by atoms with Crippen LogP contribution in [0.2, 0.25) is 0 Å². The fraction of sp³-hybridized carbons (Fsp3) is 0.400. The summed E-state index contributed by atoms with van der Waals surface area (Å²) in [6.45, 7) is 9.70. The van der Waals surface area contributed by atoms with E-state index in [9.17, 15) is 24.4 Å². The van der Waals surface area contributed by atoms with Crippen molar-refractivity contribution in [2.45, 2.75) is 71.2 Å². The van der Waals surface area contributed by atoms with Crippen LogP contribution in [0.25, 0.3) is 0 Å². The molecule has 0 saturated carbocycles. The highest BCUT2D eigenvalue weighted by Crippen LogP contribution is 2.20. The van der Waals surface area contributed by atoms with Gasteiger partial charge in [0, 0.05) is 17.4 Å². The Morgan fingerprint density at radius 2 is 1.62 bits per heavy atom. The van der Waals surface area contributed by atoms with Gasteiger partial charge < -0.3 is 25.4 Å². The van der Waals surface area contributed by atoms with Crippen LogP contribution in [0.4, 0.5) is 4.79 Å². The molecule has 0 aliphatic rings. The highest BCUT2D eigenvalue weighted by atomic mass is 32.1. The quantitative estimate of drug-likeness (QED) is 0.277. The van der Waals surface area contributed by atoms with E-state index in [2.05, 4.69) is 16.0 Å². The van der Waals surface area contributed by atoms with Gasteiger partial charge in [-0.3, -0.25) is 9.59 Å². The Labute approximate surface area is 249 Å². The summed E-state index contributed by atoms with van der Waals surface area (Å²) in [4.78, 5) is 53.2. The molecule has 0 aliphatic heterocycles. The lowest BCUT2D eigenvalue weighted by Crippen LogP contribution is -2.60. The number of hydrogen-bond donors (Lipinski definition) is 3. The first kappa shape index (κ1) is 33.5. The van der Waals surface area contributed by atoms with Crippen LogP contribution in [0.3, 0.4) is 0 Å². The molecule has 0 spiro atoms. The van der Waals surface area contributed by atoms with Crippen molar-refractivity contribution in [3.8, 4) is 12.1 Å². The van der Waals surface area contributed by atoms with Crippen molar-refractivity contribution in [3.63, 3.8) is 0 Å². The third-order valence-electron chi connectivity index (χ3n) is 5.22. The Morgan fingerprint density at radius 1 is 0.929 bits per heavy atom. The van der Waals surface area contributed by atoms with Crippen LogP contribution < -0.4 is 16.0 Å². The molecule has 0 aliphatic carbocycles. The van der Waals surface area contributed by atoms with Crippen molar-refractivity contribution in [1.82, 2.24) is 16.0 Å². The average Bonchev–Trinajstić information content (AvgIpc) is 3.35. The zero-order chi connectivity index (χ0) is 31.6. The highest BCUT2D eigenvalue weighted by Gasteiger charge is 2.40. The van der Waals surface area contributed by atoms with Gasteiger partial charge in [0.15, 0.2) is 0 Å². The molecule has 2 aromatic rings. The van der Waals surface area contributed by atoms with Crippen molar-refractivity contribution in [3.05, 3.63) is 69.4 Å². The number of hydrogen-bond acceptors (Lipinski definition) is 9. The molecule has 0 radical (unpaired) electrons. The number of amides is 3. The third kappa shape index (κ3) is 11.4. The number of alkyl carbamates (subject to hydrolysis) is 1. The average molecular weight is 594 g/mol. The van der Waals surface area contributed by atoms with Gasteiger partial charge in [-0.05, 0) is 77.4 Å². The van der Waals surface area contributed by atoms with Crippen molar-refractivity contribution in [2.75, 3.05) is 6.54 Å². The fourth-order valence-electron chi connectivity index (χ4n) is 3.56. The topological polar surface area (TPSA) is 170 Å². The maximum absolute atomic E-state index is 13.8. The Balaban J connectivity index is 2.40. The molecule has 0 bridgehead atoms. The minimum atomic E-state index is -1.93. The van der Waals surface area contributed by atoms with Crippen molar-refractivity contribution < 1.29 is 28.7 Å². The molecule has 12 heteroatoms. The molecule has 0 fully saturated rings. The zero-order valence-corrected chi connectivity index (χ0v) is 25.3. The number of nitriles is 2. The lowest BCUT2D eigenvalue weighted by atomic mass is 9.88. The van der Waals surface area contributed by atoms with E-state index < -0.39 is 47.2 Å². The second-order valence-electron chi connectivity index (χ2n) is 11.3. The van der Waals surface area contributed by atoms with Crippen LogP contribution in [-0.2, 0) is 36.8 Å². The van der Waals surface area contributed by atoms with Gasteiger partial charge in [0.25, 0.3) is 5.91 Å². The Kier molecular flexibility index (Phi) is 11.4. The Bertz CT molecular complexity index is 1420. The number of benzene rings is 1. The number of nitrogens with one attached hydrogen (secondary N) is 3. The van der Waals surface area contributed by atoms with Gasteiger partial charge in [-0.25, -0.2) is 9.59 Å². The van der Waals surface area contributed by atoms with Gasteiger partial charge in [-0.2, -0.15) is 10.5 Å². The normalized spacial score (nSPS) is 12.8. The highest BCUT2D eigenvalue weighted by molar-refractivity contribution is 7.12. The number of nitrogens with zero attached hydrogens (tertiary/aromatic N) is 2. The predicted molar refractivity (Wildman–Crippen MR) is 156 cm³/mol. The standard InChI is InChI=1S/C30H35N5O6S/c1-28(2,3)40-25(37)12-13-30(35-27(39)41-29(4,5)6,15-20-8-7-9-21(14-20)16-31)26(38)34-19-24(36)33-18-23-11-10-22(17-32)42-23/h7-14H,15,18-19H2,1-6H3,(H,33,36)(H,34,38)(H,35,39). The molecule has 1 aromatic heterocycles.